The molecule has 0 N–H and O–H groups in total. The van der Waals surface area contributed by atoms with Crippen LogP contribution in [0.3, 0.4) is 0 Å². The fourth-order valence-corrected chi connectivity index (χ4v) is 3.14. The predicted octanol–water partition coefficient (Wildman–Crippen LogP) is 5.23. The molecule has 0 aliphatic carbocycles. The van der Waals surface area contributed by atoms with Crippen LogP contribution in [0.2, 0.25) is 5.02 Å². The van der Waals surface area contributed by atoms with Crippen molar-refractivity contribution >= 4 is 34.7 Å². The Kier molecular flexibility index (Phi) is 5.17. The zero-order valence-corrected chi connectivity index (χ0v) is 17.1. The number of carbonyl (C=O) groups is 2. The summed E-state index contributed by atoms with van der Waals surface area (Å²) >= 11 is 6.20. The Labute approximate surface area is 168 Å². The zero-order chi connectivity index (χ0) is 20.6. The number of nitrogens with zero attached hydrogens (tertiary/aromatic N) is 2. The Morgan fingerprint density at radius 1 is 1.14 bits per heavy atom. The van der Waals surface area contributed by atoms with Gasteiger partial charge in [0.1, 0.15) is 16.7 Å². The molecular weight excluding hydrogens is 380 g/mol. The predicted molar refractivity (Wildman–Crippen MR) is 108 cm³/mol. The number of aromatic nitrogens is 2. The van der Waals surface area contributed by atoms with Crippen molar-refractivity contribution in [2.75, 3.05) is 7.11 Å². The molecule has 0 unspecified atom stereocenters. The molecule has 0 spiro atoms. The molecule has 28 heavy (non-hydrogen) atoms. The van der Waals surface area contributed by atoms with Crippen molar-refractivity contribution in [3.05, 3.63) is 52.8 Å². The molecule has 1 aromatic carbocycles. The van der Waals surface area contributed by atoms with E-state index >= 15 is 0 Å². The molecule has 0 aliphatic heterocycles. The highest BCUT2D eigenvalue weighted by atomic mass is 35.5. The number of fused-ring (bicyclic) bond motifs is 1. The highest BCUT2D eigenvalue weighted by molar-refractivity contribution is 6.31. The van der Waals surface area contributed by atoms with Gasteiger partial charge in [-0.3, -0.25) is 4.98 Å². The van der Waals surface area contributed by atoms with E-state index in [1.807, 2.05) is 19.1 Å². The summed E-state index contributed by atoms with van der Waals surface area (Å²) in [7, 11) is 1.28. The summed E-state index contributed by atoms with van der Waals surface area (Å²) in [5.41, 5.74) is 2.81. The van der Waals surface area contributed by atoms with Crippen molar-refractivity contribution in [1.29, 1.82) is 0 Å². The molecule has 0 amide bonds. The lowest BCUT2D eigenvalue weighted by Gasteiger charge is -2.20. The number of aryl methyl sites for hydroxylation is 1. The van der Waals surface area contributed by atoms with E-state index in [9.17, 15) is 9.59 Å². The Balaban J connectivity index is 2.35. The van der Waals surface area contributed by atoms with Crippen LogP contribution in [-0.4, -0.2) is 34.3 Å². The lowest BCUT2D eigenvalue weighted by atomic mass is 10.00. The maximum absolute atomic E-state index is 12.9. The second kappa shape index (κ2) is 7.28. The van der Waals surface area contributed by atoms with E-state index in [1.165, 1.54) is 17.9 Å². The number of halogens is 1. The molecule has 3 aromatic rings. The number of rotatable bonds is 2. The van der Waals surface area contributed by atoms with Gasteiger partial charge >= 0.3 is 12.1 Å². The zero-order valence-electron chi connectivity index (χ0n) is 16.4. The number of ether oxygens (including phenoxy) is 2. The van der Waals surface area contributed by atoms with Gasteiger partial charge in [0.05, 0.1) is 12.6 Å². The molecule has 0 atom stereocenters. The third-order valence-electron chi connectivity index (χ3n) is 4.16. The highest BCUT2D eigenvalue weighted by Gasteiger charge is 2.26. The van der Waals surface area contributed by atoms with Gasteiger partial charge in [-0.05, 0) is 57.0 Å². The molecule has 6 nitrogen and oxygen atoms in total. The summed E-state index contributed by atoms with van der Waals surface area (Å²) in [6, 6.07) is 7.29. The molecule has 3 rings (SSSR count). The number of esters is 1. The summed E-state index contributed by atoms with van der Waals surface area (Å²) in [6.07, 6.45) is 2.38. The van der Waals surface area contributed by atoms with Crippen LogP contribution < -0.4 is 0 Å². The highest BCUT2D eigenvalue weighted by Crippen LogP contribution is 2.34. The summed E-state index contributed by atoms with van der Waals surface area (Å²) in [6.45, 7) is 7.27. The number of carbonyl (C=O) groups excluding carboxylic acids is 2. The van der Waals surface area contributed by atoms with Crippen molar-refractivity contribution in [2.45, 2.75) is 33.3 Å². The van der Waals surface area contributed by atoms with Crippen LogP contribution in [0.25, 0.3) is 22.2 Å². The molecule has 0 aliphatic rings. The van der Waals surface area contributed by atoms with E-state index in [4.69, 9.17) is 21.1 Å². The fourth-order valence-electron chi connectivity index (χ4n) is 2.97. The minimum absolute atomic E-state index is 0.185. The second-order valence-corrected chi connectivity index (χ2v) is 7.84. The maximum Gasteiger partial charge on any atom is 0.419 e. The molecular formula is C21H21ClN2O4. The van der Waals surface area contributed by atoms with Gasteiger partial charge in [-0.25, -0.2) is 14.2 Å². The first-order chi connectivity index (χ1) is 13.1. The van der Waals surface area contributed by atoms with Gasteiger partial charge in [-0.1, -0.05) is 17.7 Å². The van der Waals surface area contributed by atoms with Gasteiger partial charge in [-0.15, -0.1) is 0 Å². The van der Waals surface area contributed by atoms with E-state index in [0.717, 1.165) is 11.1 Å². The maximum atomic E-state index is 12.9. The molecule has 0 saturated heterocycles. The minimum Gasteiger partial charge on any atom is -0.465 e. The molecule has 0 radical (unpaired) electrons. The van der Waals surface area contributed by atoms with E-state index in [-0.39, 0.29) is 5.56 Å². The molecule has 2 heterocycles. The SMILES string of the molecule is COC(=O)c1cn(C(=O)OC(C)(C)C)c2c(-c3cc(Cl)ccc3C)ccnc12. The third kappa shape index (κ3) is 3.73. The average molecular weight is 401 g/mol. The van der Waals surface area contributed by atoms with Crippen LogP contribution in [0.15, 0.2) is 36.7 Å². The quantitative estimate of drug-likeness (QED) is 0.550. The summed E-state index contributed by atoms with van der Waals surface area (Å²) < 4.78 is 11.7. The van der Waals surface area contributed by atoms with E-state index in [2.05, 4.69) is 4.98 Å². The molecule has 146 valence electrons. The van der Waals surface area contributed by atoms with Crippen molar-refractivity contribution in [3.8, 4) is 11.1 Å². The van der Waals surface area contributed by atoms with E-state index in [0.29, 0.717) is 21.6 Å². The first-order valence-corrected chi connectivity index (χ1v) is 9.08. The van der Waals surface area contributed by atoms with Gasteiger partial charge < -0.3 is 9.47 Å². The largest absolute Gasteiger partial charge is 0.465 e. The molecule has 7 heteroatoms. The molecule has 0 bridgehead atoms. The second-order valence-electron chi connectivity index (χ2n) is 7.40. The summed E-state index contributed by atoms with van der Waals surface area (Å²) in [4.78, 5) is 29.5. The topological polar surface area (TPSA) is 70.4 Å². The summed E-state index contributed by atoms with van der Waals surface area (Å²) in [5.74, 6) is -0.584. The van der Waals surface area contributed by atoms with Crippen LogP contribution >= 0.6 is 11.6 Å². The molecule has 2 aromatic heterocycles. The Bertz CT molecular complexity index is 1080. The Morgan fingerprint density at radius 2 is 1.86 bits per heavy atom. The monoisotopic (exact) mass is 400 g/mol. The minimum atomic E-state index is -0.701. The van der Waals surface area contributed by atoms with Crippen LogP contribution in [-0.2, 0) is 9.47 Å². The van der Waals surface area contributed by atoms with Gasteiger partial charge in [0.25, 0.3) is 0 Å². The van der Waals surface area contributed by atoms with E-state index in [1.54, 1.807) is 39.1 Å². The number of hydrogen-bond acceptors (Lipinski definition) is 5. The first kappa shape index (κ1) is 19.9. The average Bonchev–Trinajstić information content (AvgIpc) is 3.02. The van der Waals surface area contributed by atoms with Gasteiger partial charge in [-0.2, -0.15) is 0 Å². The van der Waals surface area contributed by atoms with Crippen LogP contribution in [0.1, 0.15) is 36.7 Å². The lowest BCUT2D eigenvalue weighted by Crippen LogP contribution is -2.26. The standard InChI is InChI=1S/C21H21ClN2O4/c1-12-6-7-13(22)10-15(12)14-8-9-23-17-16(19(25)27-5)11-24(18(14)17)20(26)28-21(2,3)4/h6-11H,1-5H3. The summed E-state index contributed by atoms with van der Waals surface area (Å²) in [5, 5.41) is 0.564. The van der Waals surface area contributed by atoms with Crippen molar-refractivity contribution in [2.24, 2.45) is 0 Å². The van der Waals surface area contributed by atoms with Gasteiger partial charge in [0.15, 0.2) is 0 Å². The van der Waals surface area contributed by atoms with Crippen molar-refractivity contribution < 1.29 is 19.1 Å². The first-order valence-electron chi connectivity index (χ1n) is 8.70. The number of methoxy groups -OCH3 is 1. The van der Waals surface area contributed by atoms with Crippen molar-refractivity contribution in [1.82, 2.24) is 9.55 Å². The van der Waals surface area contributed by atoms with E-state index < -0.39 is 17.7 Å². The van der Waals surface area contributed by atoms with Crippen molar-refractivity contribution in [3.63, 3.8) is 0 Å². The van der Waals surface area contributed by atoms with Crippen LogP contribution in [0.5, 0.6) is 0 Å². The normalized spacial score (nSPS) is 11.5. The van der Waals surface area contributed by atoms with Crippen LogP contribution in [0, 0.1) is 6.92 Å². The third-order valence-corrected chi connectivity index (χ3v) is 4.40. The lowest BCUT2D eigenvalue weighted by molar-refractivity contribution is 0.0544. The Hall–Kier alpha value is -2.86. The number of pyridine rings is 1. The fraction of sp³-hybridized carbons (Fsp3) is 0.286. The Morgan fingerprint density at radius 3 is 2.50 bits per heavy atom. The smallest absolute Gasteiger partial charge is 0.419 e. The molecule has 0 fully saturated rings. The molecule has 0 saturated carbocycles. The van der Waals surface area contributed by atoms with Crippen LogP contribution in [0.4, 0.5) is 4.79 Å². The number of hydrogen-bond donors (Lipinski definition) is 0. The van der Waals surface area contributed by atoms with Gasteiger partial charge in [0.2, 0.25) is 0 Å². The van der Waals surface area contributed by atoms with Gasteiger partial charge in [0, 0.05) is 23.0 Å². The number of benzene rings is 1.